The number of carbonyl (C=O) groups is 1. The van der Waals surface area contributed by atoms with Crippen molar-refractivity contribution >= 4 is 17.4 Å². The topological polar surface area (TPSA) is 116 Å². The van der Waals surface area contributed by atoms with Crippen LogP contribution in [0.1, 0.15) is 38.3 Å². The second kappa shape index (κ2) is 6.11. The molecule has 0 aromatic carbocycles. The zero-order valence-electron chi connectivity index (χ0n) is 12.3. The summed E-state index contributed by atoms with van der Waals surface area (Å²) in [7, 11) is 0. The Morgan fingerprint density at radius 2 is 2.29 bits per heavy atom. The first-order valence-corrected chi connectivity index (χ1v) is 7.21. The van der Waals surface area contributed by atoms with E-state index < -0.39 is 4.92 Å². The molecule has 8 nitrogen and oxygen atoms in total. The zero-order chi connectivity index (χ0) is 15.6. The second-order valence-electron chi connectivity index (χ2n) is 5.46. The fourth-order valence-electron chi connectivity index (χ4n) is 2.93. The van der Waals surface area contributed by atoms with Gasteiger partial charge in [-0.05, 0) is 33.1 Å². The summed E-state index contributed by atoms with van der Waals surface area (Å²) in [5.74, 6) is -0.0271. The fraction of sp³-hybridized carbons (Fsp3) is 0.692. The molecule has 1 aromatic heterocycles. The lowest BCUT2D eigenvalue weighted by molar-refractivity contribution is -0.384. The van der Waals surface area contributed by atoms with Gasteiger partial charge in [-0.25, -0.2) is 4.68 Å². The molecule has 1 aliphatic rings. The van der Waals surface area contributed by atoms with Crippen LogP contribution in [0, 0.1) is 23.0 Å². The highest BCUT2D eigenvalue weighted by Gasteiger charge is 2.30. The average Bonchev–Trinajstić information content (AvgIpc) is 2.75. The lowest BCUT2D eigenvalue weighted by atomic mass is 9.85. The van der Waals surface area contributed by atoms with Crippen molar-refractivity contribution in [3.63, 3.8) is 0 Å². The number of carbonyl (C=O) groups excluding carboxylic acids is 1. The minimum absolute atomic E-state index is 0.0105. The molecule has 21 heavy (non-hydrogen) atoms. The normalized spacial score (nSPS) is 22.0. The van der Waals surface area contributed by atoms with Crippen molar-refractivity contribution in [2.75, 3.05) is 5.32 Å². The monoisotopic (exact) mass is 295 g/mol. The summed E-state index contributed by atoms with van der Waals surface area (Å²) < 4.78 is 1.60. The van der Waals surface area contributed by atoms with Gasteiger partial charge in [0.15, 0.2) is 0 Å². The van der Waals surface area contributed by atoms with Gasteiger partial charge >= 0.3 is 5.69 Å². The predicted octanol–water partition coefficient (Wildman–Crippen LogP) is 1.58. The number of nitrogens with two attached hydrogens (primary N) is 1. The molecule has 0 radical (unpaired) electrons. The standard InChI is InChI=1S/C13H21N5O3/c1-3-17-13(11(18(20)21)8(2)16-17)15-10-6-4-5-9(7-10)12(14)19/h9-10,15H,3-7H2,1-2H3,(H2,14,19)/t9-,10-/m0/s1. The Kier molecular flexibility index (Phi) is 4.44. The summed E-state index contributed by atoms with van der Waals surface area (Å²) in [6.45, 7) is 4.06. The summed E-state index contributed by atoms with van der Waals surface area (Å²) in [5, 5.41) is 18.6. The lowest BCUT2D eigenvalue weighted by Gasteiger charge is -2.28. The molecule has 116 valence electrons. The number of rotatable bonds is 5. The van der Waals surface area contributed by atoms with Gasteiger partial charge in [0.25, 0.3) is 0 Å². The molecule has 1 fully saturated rings. The number of nitro groups is 1. The third-order valence-electron chi connectivity index (χ3n) is 4.00. The van der Waals surface area contributed by atoms with Crippen molar-refractivity contribution in [3.05, 3.63) is 15.8 Å². The lowest BCUT2D eigenvalue weighted by Crippen LogP contribution is -2.34. The predicted molar refractivity (Wildman–Crippen MR) is 77.9 cm³/mol. The summed E-state index contributed by atoms with van der Waals surface area (Å²) in [5.41, 5.74) is 5.78. The molecule has 1 aromatic rings. The molecule has 3 N–H and O–H groups in total. The van der Waals surface area contributed by atoms with E-state index in [1.165, 1.54) is 0 Å². The molecule has 1 saturated carbocycles. The van der Waals surface area contributed by atoms with Crippen LogP contribution in [0.25, 0.3) is 0 Å². The highest BCUT2D eigenvalue weighted by molar-refractivity contribution is 5.76. The van der Waals surface area contributed by atoms with Gasteiger partial charge in [0.05, 0.1) is 4.92 Å². The van der Waals surface area contributed by atoms with E-state index in [1.54, 1.807) is 11.6 Å². The minimum Gasteiger partial charge on any atom is -0.369 e. The Bertz CT molecular complexity index is 554. The van der Waals surface area contributed by atoms with Crippen molar-refractivity contribution in [2.45, 2.75) is 52.1 Å². The quantitative estimate of drug-likeness (QED) is 0.632. The number of nitrogens with zero attached hydrogens (tertiary/aromatic N) is 3. The van der Waals surface area contributed by atoms with E-state index in [9.17, 15) is 14.9 Å². The molecule has 1 aliphatic carbocycles. The van der Waals surface area contributed by atoms with Gasteiger partial charge in [0.1, 0.15) is 5.69 Å². The van der Waals surface area contributed by atoms with Crippen molar-refractivity contribution in [1.29, 1.82) is 0 Å². The second-order valence-corrected chi connectivity index (χ2v) is 5.46. The number of aryl methyl sites for hydroxylation is 2. The highest BCUT2D eigenvalue weighted by atomic mass is 16.6. The third-order valence-corrected chi connectivity index (χ3v) is 4.00. The number of hydrogen-bond donors (Lipinski definition) is 2. The van der Waals surface area contributed by atoms with Gasteiger partial charge in [0.2, 0.25) is 11.7 Å². The van der Waals surface area contributed by atoms with E-state index >= 15 is 0 Å². The Labute approximate surface area is 122 Å². The van der Waals surface area contributed by atoms with Crippen molar-refractivity contribution in [2.24, 2.45) is 11.7 Å². The van der Waals surface area contributed by atoms with Crippen LogP contribution in [-0.2, 0) is 11.3 Å². The first-order valence-electron chi connectivity index (χ1n) is 7.21. The van der Waals surface area contributed by atoms with Gasteiger partial charge in [-0.2, -0.15) is 5.10 Å². The van der Waals surface area contributed by atoms with Gasteiger partial charge in [-0.15, -0.1) is 0 Å². The fourth-order valence-corrected chi connectivity index (χ4v) is 2.93. The Hall–Kier alpha value is -2.12. The van der Waals surface area contributed by atoms with Gasteiger partial charge in [-0.1, -0.05) is 6.42 Å². The molecule has 0 spiro atoms. The number of amides is 1. The summed E-state index contributed by atoms with van der Waals surface area (Å²) >= 11 is 0. The molecule has 8 heteroatoms. The van der Waals surface area contributed by atoms with E-state index in [1.807, 2.05) is 6.92 Å². The SMILES string of the molecule is CCn1nc(C)c([N+](=O)[O-])c1N[C@H]1CCC[C@H](C(N)=O)C1. The molecule has 0 bridgehead atoms. The maximum Gasteiger partial charge on any atom is 0.333 e. The number of primary amides is 1. The average molecular weight is 295 g/mol. The van der Waals surface area contributed by atoms with Crippen LogP contribution in [0.3, 0.4) is 0 Å². The summed E-state index contributed by atoms with van der Waals surface area (Å²) in [6, 6.07) is 0.0105. The number of hydrogen-bond acceptors (Lipinski definition) is 5. The van der Waals surface area contributed by atoms with Crippen molar-refractivity contribution in [1.82, 2.24) is 9.78 Å². The maximum atomic E-state index is 11.3. The smallest absolute Gasteiger partial charge is 0.333 e. The van der Waals surface area contributed by atoms with Crippen LogP contribution in [0.2, 0.25) is 0 Å². The molecule has 0 unspecified atom stereocenters. The van der Waals surface area contributed by atoms with Crippen LogP contribution in [-0.4, -0.2) is 26.7 Å². The Balaban J connectivity index is 2.22. The molecule has 2 rings (SSSR count). The van der Waals surface area contributed by atoms with Crippen molar-refractivity contribution < 1.29 is 9.72 Å². The Morgan fingerprint density at radius 1 is 1.57 bits per heavy atom. The zero-order valence-corrected chi connectivity index (χ0v) is 12.3. The van der Waals surface area contributed by atoms with Gasteiger partial charge < -0.3 is 11.1 Å². The van der Waals surface area contributed by atoms with E-state index in [0.29, 0.717) is 24.5 Å². The molecular formula is C13H21N5O3. The molecular weight excluding hydrogens is 274 g/mol. The molecule has 1 heterocycles. The van der Waals surface area contributed by atoms with Crippen LogP contribution < -0.4 is 11.1 Å². The van der Waals surface area contributed by atoms with Gasteiger partial charge in [-0.3, -0.25) is 14.9 Å². The van der Waals surface area contributed by atoms with Crippen LogP contribution in [0.4, 0.5) is 11.5 Å². The molecule has 2 atom stereocenters. The van der Waals surface area contributed by atoms with E-state index in [2.05, 4.69) is 10.4 Å². The van der Waals surface area contributed by atoms with Crippen LogP contribution in [0.5, 0.6) is 0 Å². The largest absolute Gasteiger partial charge is 0.369 e. The summed E-state index contributed by atoms with van der Waals surface area (Å²) in [4.78, 5) is 22.1. The molecule has 0 aliphatic heterocycles. The third kappa shape index (κ3) is 3.14. The molecule has 0 saturated heterocycles. The van der Waals surface area contributed by atoms with Gasteiger partial charge in [0, 0.05) is 18.5 Å². The maximum absolute atomic E-state index is 11.3. The van der Waals surface area contributed by atoms with Crippen molar-refractivity contribution in [3.8, 4) is 0 Å². The first kappa shape index (κ1) is 15.3. The Morgan fingerprint density at radius 3 is 2.86 bits per heavy atom. The number of nitrogens with one attached hydrogen (secondary N) is 1. The van der Waals surface area contributed by atoms with E-state index in [-0.39, 0.29) is 23.6 Å². The van der Waals surface area contributed by atoms with E-state index in [4.69, 9.17) is 5.73 Å². The summed E-state index contributed by atoms with van der Waals surface area (Å²) in [6.07, 6.45) is 3.16. The number of aromatic nitrogens is 2. The first-order chi connectivity index (χ1) is 9.93. The highest BCUT2D eigenvalue weighted by Crippen LogP contribution is 2.32. The van der Waals surface area contributed by atoms with E-state index in [0.717, 1.165) is 19.3 Å². The van der Waals surface area contributed by atoms with Crippen LogP contribution in [0.15, 0.2) is 0 Å². The van der Waals surface area contributed by atoms with Crippen LogP contribution >= 0.6 is 0 Å². The molecule has 1 amide bonds. The number of anilines is 1. The minimum atomic E-state index is -0.411.